The maximum absolute atomic E-state index is 12.4. The number of nitrogens with zero attached hydrogens (tertiary/aromatic N) is 2. The van der Waals surface area contributed by atoms with Gasteiger partial charge in [-0.1, -0.05) is 12.8 Å². The zero-order valence-corrected chi connectivity index (χ0v) is 12.2. The Labute approximate surface area is 111 Å². The number of amides is 1. The summed E-state index contributed by atoms with van der Waals surface area (Å²) >= 11 is 0. The normalized spacial score (nSPS) is 20.6. The highest BCUT2D eigenvalue weighted by atomic mass is 16.2. The van der Waals surface area contributed by atoms with Crippen LogP contribution in [0.1, 0.15) is 46.0 Å². The molecular formula is C14H29N3O. The molecule has 1 amide bonds. The Morgan fingerprint density at radius 1 is 1.22 bits per heavy atom. The van der Waals surface area contributed by atoms with Crippen LogP contribution in [0.3, 0.4) is 0 Å². The third-order valence-corrected chi connectivity index (χ3v) is 3.87. The molecule has 2 atom stereocenters. The maximum atomic E-state index is 12.4. The molecule has 0 spiro atoms. The largest absolute Gasteiger partial charge is 0.341 e. The molecule has 18 heavy (non-hydrogen) atoms. The second-order valence-corrected chi connectivity index (χ2v) is 5.66. The Kier molecular flexibility index (Phi) is 6.65. The monoisotopic (exact) mass is 255 g/mol. The second-order valence-electron chi connectivity index (χ2n) is 5.66. The summed E-state index contributed by atoms with van der Waals surface area (Å²) in [6, 6.07) is 0.176. The molecule has 0 aromatic carbocycles. The van der Waals surface area contributed by atoms with Gasteiger partial charge in [-0.3, -0.25) is 9.69 Å². The van der Waals surface area contributed by atoms with E-state index in [1.54, 1.807) is 0 Å². The van der Waals surface area contributed by atoms with E-state index in [1.807, 2.05) is 25.8 Å². The Morgan fingerprint density at radius 2 is 1.78 bits per heavy atom. The lowest BCUT2D eigenvalue weighted by atomic mass is 10.2. The molecule has 2 unspecified atom stereocenters. The van der Waals surface area contributed by atoms with Crippen molar-refractivity contribution in [3.8, 4) is 0 Å². The fraction of sp³-hybridized carbons (Fsp3) is 0.929. The highest BCUT2D eigenvalue weighted by Crippen LogP contribution is 2.12. The van der Waals surface area contributed by atoms with Gasteiger partial charge in [-0.05, 0) is 40.2 Å². The van der Waals surface area contributed by atoms with Crippen molar-refractivity contribution in [2.75, 3.05) is 26.7 Å². The average Bonchev–Trinajstić information content (AvgIpc) is 2.62. The number of carbonyl (C=O) groups is 1. The minimum Gasteiger partial charge on any atom is -0.341 e. The fourth-order valence-corrected chi connectivity index (χ4v) is 2.34. The summed E-state index contributed by atoms with van der Waals surface area (Å²) in [5, 5.41) is 0. The number of nitrogens with two attached hydrogens (primary N) is 1. The molecule has 1 saturated heterocycles. The van der Waals surface area contributed by atoms with Crippen molar-refractivity contribution < 1.29 is 4.79 Å². The molecule has 1 rings (SSSR count). The first-order chi connectivity index (χ1) is 8.52. The highest BCUT2D eigenvalue weighted by molar-refractivity contribution is 5.81. The number of hydrogen-bond donors (Lipinski definition) is 1. The third-order valence-electron chi connectivity index (χ3n) is 3.87. The Balaban J connectivity index is 2.43. The predicted molar refractivity (Wildman–Crippen MR) is 75.4 cm³/mol. The summed E-state index contributed by atoms with van der Waals surface area (Å²) in [5.74, 6) is 0.282. The quantitative estimate of drug-likeness (QED) is 0.809. The Morgan fingerprint density at radius 3 is 2.28 bits per heavy atom. The first-order valence-corrected chi connectivity index (χ1v) is 7.27. The van der Waals surface area contributed by atoms with E-state index < -0.39 is 0 Å². The van der Waals surface area contributed by atoms with Crippen molar-refractivity contribution in [1.82, 2.24) is 9.80 Å². The standard InChI is InChI=1S/C14H29N3O/c1-12(15)8-11-16(3)13(2)14(18)17-9-6-4-5-7-10-17/h12-13H,4-11,15H2,1-3H3. The van der Waals surface area contributed by atoms with E-state index in [-0.39, 0.29) is 18.0 Å². The van der Waals surface area contributed by atoms with E-state index in [2.05, 4.69) is 4.90 Å². The average molecular weight is 255 g/mol. The summed E-state index contributed by atoms with van der Waals surface area (Å²) in [4.78, 5) is 16.6. The highest BCUT2D eigenvalue weighted by Gasteiger charge is 2.24. The molecule has 0 aliphatic carbocycles. The molecule has 0 aromatic heterocycles. The van der Waals surface area contributed by atoms with Crippen LogP contribution >= 0.6 is 0 Å². The summed E-state index contributed by atoms with van der Waals surface area (Å²) in [6.07, 6.45) is 5.77. The predicted octanol–water partition coefficient (Wildman–Crippen LogP) is 1.45. The van der Waals surface area contributed by atoms with Gasteiger partial charge in [-0.25, -0.2) is 0 Å². The van der Waals surface area contributed by atoms with Crippen molar-refractivity contribution in [2.24, 2.45) is 5.73 Å². The molecule has 0 aromatic rings. The van der Waals surface area contributed by atoms with Crippen LogP contribution in [-0.4, -0.2) is 54.5 Å². The molecule has 1 heterocycles. The minimum atomic E-state index is -0.0261. The van der Waals surface area contributed by atoms with Crippen LogP contribution in [0.2, 0.25) is 0 Å². The van der Waals surface area contributed by atoms with Gasteiger partial charge in [0.05, 0.1) is 6.04 Å². The molecule has 0 saturated carbocycles. The van der Waals surface area contributed by atoms with Crippen LogP contribution < -0.4 is 5.73 Å². The summed E-state index contributed by atoms with van der Waals surface area (Å²) in [5.41, 5.74) is 5.76. The topological polar surface area (TPSA) is 49.6 Å². The molecule has 1 aliphatic heterocycles. The van der Waals surface area contributed by atoms with Crippen LogP contribution in [0, 0.1) is 0 Å². The smallest absolute Gasteiger partial charge is 0.239 e. The maximum Gasteiger partial charge on any atom is 0.239 e. The van der Waals surface area contributed by atoms with Crippen LogP contribution in [0.15, 0.2) is 0 Å². The lowest BCUT2D eigenvalue weighted by Crippen LogP contribution is -2.46. The molecule has 4 nitrogen and oxygen atoms in total. The van der Waals surface area contributed by atoms with Crippen LogP contribution in [-0.2, 0) is 4.79 Å². The molecule has 4 heteroatoms. The van der Waals surface area contributed by atoms with E-state index in [9.17, 15) is 4.79 Å². The molecule has 0 bridgehead atoms. The van der Waals surface area contributed by atoms with Crippen molar-refractivity contribution >= 4 is 5.91 Å². The lowest BCUT2D eigenvalue weighted by Gasteiger charge is -2.30. The van der Waals surface area contributed by atoms with Crippen LogP contribution in [0.4, 0.5) is 0 Å². The van der Waals surface area contributed by atoms with E-state index in [4.69, 9.17) is 5.73 Å². The number of likely N-dealkylation sites (N-methyl/N-ethyl adjacent to an activating group) is 1. The summed E-state index contributed by atoms with van der Waals surface area (Å²) in [7, 11) is 2.02. The molecule has 2 N–H and O–H groups in total. The zero-order chi connectivity index (χ0) is 13.5. The number of hydrogen-bond acceptors (Lipinski definition) is 3. The first kappa shape index (κ1) is 15.4. The van der Waals surface area contributed by atoms with Crippen molar-refractivity contribution in [2.45, 2.75) is 58.0 Å². The molecule has 1 fully saturated rings. The summed E-state index contributed by atoms with van der Waals surface area (Å²) < 4.78 is 0. The molecule has 1 aliphatic rings. The van der Waals surface area contributed by atoms with Crippen LogP contribution in [0.25, 0.3) is 0 Å². The Hall–Kier alpha value is -0.610. The van der Waals surface area contributed by atoms with Gasteiger partial charge in [0.2, 0.25) is 5.91 Å². The van der Waals surface area contributed by atoms with Gasteiger partial charge in [0.25, 0.3) is 0 Å². The van der Waals surface area contributed by atoms with Gasteiger partial charge in [-0.2, -0.15) is 0 Å². The number of likely N-dealkylation sites (tertiary alicyclic amines) is 1. The fourth-order valence-electron chi connectivity index (χ4n) is 2.34. The lowest BCUT2D eigenvalue weighted by molar-refractivity contribution is -0.135. The number of carbonyl (C=O) groups excluding carboxylic acids is 1. The van der Waals surface area contributed by atoms with Gasteiger partial charge < -0.3 is 10.6 Å². The van der Waals surface area contributed by atoms with E-state index in [0.29, 0.717) is 0 Å². The van der Waals surface area contributed by atoms with Gasteiger partial charge in [0.1, 0.15) is 0 Å². The molecule has 0 radical (unpaired) electrons. The molecular weight excluding hydrogens is 226 g/mol. The SMILES string of the molecule is CC(N)CCN(C)C(C)C(=O)N1CCCCCC1. The number of rotatable bonds is 5. The first-order valence-electron chi connectivity index (χ1n) is 7.27. The minimum absolute atomic E-state index is 0.0261. The molecule has 106 valence electrons. The van der Waals surface area contributed by atoms with Crippen molar-refractivity contribution in [1.29, 1.82) is 0 Å². The van der Waals surface area contributed by atoms with E-state index in [1.165, 1.54) is 12.8 Å². The van der Waals surface area contributed by atoms with Crippen molar-refractivity contribution in [3.63, 3.8) is 0 Å². The third kappa shape index (κ3) is 4.94. The van der Waals surface area contributed by atoms with Gasteiger partial charge in [0.15, 0.2) is 0 Å². The van der Waals surface area contributed by atoms with E-state index in [0.717, 1.165) is 38.9 Å². The van der Waals surface area contributed by atoms with Gasteiger partial charge in [-0.15, -0.1) is 0 Å². The van der Waals surface area contributed by atoms with Gasteiger partial charge in [0, 0.05) is 25.7 Å². The zero-order valence-electron chi connectivity index (χ0n) is 12.2. The van der Waals surface area contributed by atoms with Crippen molar-refractivity contribution in [3.05, 3.63) is 0 Å². The Bertz CT molecular complexity index is 247. The second kappa shape index (κ2) is 7.74. The summed E-state index contributed by atoms with van der Waals surface area (Å²) in [6.45, 7) is 6.77. The van der Waals surface area contributed by atoms with Crippen LogP contribution in [0.5, 0.6) is 0 Å². The van der Waals surface area contributed by atoms with E-state index >= 15 is 0 Å². The van der Waals surface area contributed by atoms with Gasteiger partial charge >= 0.3 is 0 Å².